The van der Waals surface area contributed by atoms with Gasteiger partial charge in [-0.05, 0) is 48.3 Å². The van der Waals surface area contributed by atoms with Crippen LogP contribution in [-0.2, 0) is 0 Å². The van der Waals surface area contributed by atoms with Crippen LogP contribution in [0.15, 0.2) is 0 Å². The molecule has 6 atom stereocenters. The molecule has 0 heterocycles. The van der Waals surface area contributed by atoms with E-state index in [-0.39, 0.29) is 10.8 Å². The van der Waals surface area contributed by atoms with Crippen LogP contribution in [0.25, 0.3) is 0 Å². The first-order chi connectivity index (χ1) is 10.00. The van der Waals surface area contributed by atoms with E-state index < -0.39 is 0 Å². The van der Waals surface area contributed by atoms with Gasteiger partial charge in [0.15, 0.2) is 0 Å². The fraction of sp³-hybridized carbons (Fsp3) is 0.900. The van der Waals surface area contributed by atoms with Gasteiger partial charge >= 0.3 is 0 Å². The first-order valence-electron chi connectivity index (χ1n) is 9.09. The highest BCUT2D eigenvalue weighted by molar-refractivity contribution is 7.81. The summed E-state index contributed by atoms with van der Waals surface area (Å²) in [6, 6.07) is 0. The highest BCUT2D eigenvalue weighted by atomic mass is 32.1. The molecule has 0 aromatic heterocycles. The van der Waals surface area contributed by atoms with Gasteiger partial charge in [0.05, 0.1) is 0 Å². The van der Waals surface area contributed by atoms with Crippen LogP contribution >= 0.6 is 24.4 Å². The monoisotopic (exact) mass is 334 g/mol. The molecule has 0 N–H and O–H groups in total. The van der Waals surface area contributed by atoms with Crippen molar-refractivity contribution in [3.63, 3.8) is 0 Å². The Balaban J connectivity index is 1.80. The van der Waals surface area contributed by atoms with Crippen molar-refractivity contribution in [1.82, 2.24) is 0 Å². The second-order valence-corrected chi connectivity index (χ2v) is 11.1. The Bertz CT molecular complexity index is 535. The molecular weight excluding hydrogens is 304 g/mol. The fourth-order valence-electron chi connectivity index (χ4n) is 7.14. The summed E-state index contributed by atoms with van der Waals surface area (Å²) < 4.78 is 0. The lowest BCUT2D eigenvalue weighted by Crippen LogP contribution is -2.40. The average Bonchev–Trinajstić information content (AvgIpc) is 2.90. The van der Waals surface area contributed by atoms with Crippen molar-refractivity contribution in [2.45, 2.75) is 67.2 Å². The second kappa shape index (κ2) is 4.04. The largest absolute Gasteiger partial charge is 0.0887 e. The highest BCUT2D eigenvalue weighted by Crippen LogP contribution is 2.74. The molecule has 4 rings (SSSR count). The summed E-state index contributed by atoms with van der Waals surface area (Å²) in [6.45, 7) is 14.8. The molecule has 0 aliphatic heterocycles. The van der Waals surface area contributed by atoms with Gasteiger partial charge in [-0.3, -0.25) is 0 Å². The molecule has 122 valence electrons. The lowest BCUT2D eigenvalue weighted by Gasteiger charge is -2.38. The van der Waals surface area contributed by atoms with E-state index in [0.29, 0.717) is 22.7 Å². The van der Waals surface area contributed by atoms with Crippen LogP contribution in [0, 0.1) is 45.3 Å². The summed E-state index contributed by atoms with van der Waals surface area (Å²) >= 11 is 12.2. The number of thiocarbonyl (C=S) groups is 2. The number of rotatable bonds is 1. The lowest BCUT2D eigenvalue weighted by atomic mass is 9.68. The Morgan fingerprint density at radius 3 is 1.23 bits per heavy atom. The smallest absolute Gasteiger partial charge is 0.00456 e. The van der Waals surface area contributed by atoms with E-state index in [9.17, 15) is 0 Å². The quantitative estimate of drug-likeness (QED) is 0.550. The first-order valence-corrected chi connectivity index (χ1v) is 9.90. The Morgan fingerprint density at radius 1 is 0.682 bits per heavy atom. The number of hydrogen-bond acceptors (Lipinski definition) is 2. The molecule has 2 heteroatoms. The van der Waals surface area contributed by atoms with Crippen LogP contribution in [-0.4, -0.2) is 9.73 Å². The molecule has 4 bridgehead atoms. The van der Waals surface area contributed by atoms with Gasteiger partial charge in [-0.25, -0.2) is 0 Å². The summed E-state index contributed by atoms with van der Waals surface area (Å²) in [7, 11) is 0. The molecule has 0 saturated heterocycles. The molecule has 4 aliphatic carbocycles. The van der Waals surface area contributed by atoms with Crippen LogP contribution in [0.1, 0.15) is 67.2 Å². The number of fused-ring (bicyclic) bond motifs is 4. The van der Waals surface area contributed by atoms with Gasteiger partial charge in [-0.15, -0.1) is 0 Å². The minimum absolute atomic E-state index is 0.264. The van der Waals surface area contributed by atoms with E-state index in [1.54, 1.807) is 0 Å². The molecule has 0 unspecified atom stereocenters. The fourth-order valence-corrected chi connectivity index (χ4v) is 8.49. The van der Waals surface area contributed by atoms with Crippen LogP contribution in [0.5, 0.6) is 0 Å². The maximum absolute atomic E-state index is 6.11. The van der Waals surface area contributed by atoms with Crippen molar-refractivity contribution in [3.05, 3.63) is 0 Å². The van der Waals surface area contributed by atoms with Gasteiger partial charge in [0, 0.05) is 32.4 Å². The SMILES string of the molecule is CC1(C)[C@@H]2CC[C@@]1(C)C(=S)[C@@H]2[C@H]1C(=S)[C@]2(C)CC[C@H]1C2(C)C. The second-order valence-electron chi connectivity index (χ2n) is 10.2. The minimum Gasteiger partial charge on any atom is -0.0887 e. The third kappa shape index (κ3) is 1.35. The first kappa shape index (κ1) is 15.7. The average molecular weight is 335 g/mol. The van der Waals surface area contributed by atoms with Crippen molar-refractivity contribution in [3.8, 4) is 0 Å². The topological polar surface area (TPSA) is 0 Å². The Labute approximate surface area is 146 Å². The van der Waals surface area contributed by atoms with Crippen LogP contribution in [0.3, 0.4) is 0 Å². The van der Waals surface area contributed by atoms with Crippen molar-refractivity contribution in [2.24, 2.45) is 45.3 Å². The molecule has 22 heavy (non-hydrogen) atoms. The molecule has 0 nitrogen and oxygen atoms in total. The summed E-state index contributed by atoms with van der Waals surface area (Å²) in [4.78, 5) is 2.76. The van der Waals surface area contributed by atoms with E-state index in [0.717, 1.165) is 11.8 Å². The molecule has 0 spiro atoms. The molecular formula is C20H30S2. The van der Waals surface area contributed by atoms with Gasteiger partial charge in [0.25, 0.3) is 0 Å². The number of hydrogen-bond donors (Lipinski definition) is 0. The Kier molecular flexibility index (Phi) is 2.88. The predicted octanol–water partition coefficient (Wildman–Crippen LogP) is 5.87. The summed E-state index contributed by atoms with van der Waals surface area (Å²) in [5, 5.41) is 0. The summed E-state index contributed by atoms with van der Waals surface area (Å²) in [5.41, 5.74) is 1.24. The van der Waals surface area contributed by atoms with Gasteiger partial charge in [-0.1, -0.05) is 66.0 Å². The maximum atomic E-state index is 6.11. The van der Waals surface area contributed by atoms with Crippen molar-refractivity contribution >= 4 is 34.2 Å². The van der Waals surface area contributed by atoms with E-state index in [1.807, 2.05) is 0 Å². The zero-order valence-electron chi connectivity index (χ0n) is 15.0. The molecule has 0 radical (unpaired) electrons. The molecule has 4 fully saturated rings. The van der Waals surface area contributed by atoms with Crippen molar-refractivity contribution < 1.29 is 0 Å². The van der Waals surface area contributed by atoms with Gasteiger partial charge in [-0.2, -0.15) is 0 Å². The third-order valence-corrected chi connectivity index (χ3v) is 11.0. The van der Waals surface area contributed by atoms with Gasteiger partial charge < -0.3 is 0 Å². The molecule has 0 aromatic rings. The van der Waals surface area contributed by atoms with E-state index in [1.165, 1.54) is 35.4 Å². The Hall–Kier alpha value is 0.180. The van der Waals surface area contributed by atoms with Crippen molar-refractivity contribution in [1.29, 1.82) is 0 Å². The van der Waals surface area contributed by atoms with Crippen LogP contribution in [0.4, 0.5) is 0 Å². The molecule has 4 saturated carbocycles. The standard InChI is InChI=1S/C20H30S2/c1-17(2)11-7-9-19(17,5)15(21)13(11)14-12-8-10-20(6,16(14)22)18(12,3)4/h11-14H,7-10H2,1-6H3/t11-,12-,13+,14+,19+,20+/m1/s1. The zero-order valence-corrected chi connectivity index (χ0v) is 16.6. The lowest BCUT2D eigenvalue weighted by molar-refractivity contribution is 0.135. The Morgan fingerprint density at radius 2 is 1.00 bits per heavy atom. The normalized spacial score (nSPS) is 54.5. The zero-order chi connectivity index (χ0) is 16.3. The summed E-state index contributed by atoms with van der Waals surface area (Å²) in [5.74, 6) is 2.68. The van der Waals surface area contributed by atoms with Gasteiger partial charge in [0.2, 0.25) is 0 Å². The maximum Gasteiger partial charge on any atom is 0.00456 e. The van der Waals surface area contributed by atoms with Crippen molar-refractivity contribution in [2.75, 3.05) is 0 Å². The predicted molar refractivity (Wildman–Crippen MR) is 101 cm³/mol. The molecule has 0 aromatic carbocycles. The molecule has 4 aliphatic rings. The van der Waals surface area contributed by atoms with E-state index in [2.05, 4.69) is 41.5 Å². The molecule has 0 amide bonds. The summed E-state index contributed by atoms with van der Waals surface area (Å²) in [6.07, 6.45) is 5.31. The van der Waals surface area contributed by atoms with E-state index >= 15 is 0 Å². The van der Waals surface area contributed by atoms with Crippen LogP contribution < -0.4 is 0 Å². The van der Waals surface area contributed by atoms with E-state index in [4.69, 9.17) is 24.4 Å². The third-order valence-electron chi connectivity index (χ3n) is 9.56. The van der Waals surface area contributed by atoms with Crippen LogP contribution in [0.2, 0.25) is 0 Å². The minimum atomic E-state index is 0.264. The van der Waals surface area contributed by atoms with Gasteiger partial charge in [0.1, 0.15) is 0 Å². The highest BCUT2D eigenvalue weighted by Gasteiger charge is 2.71.